The molecule has 19 heavy (non-hydrogen) atoms. The van der Waals surface area contributed by atoms with Crippen molar-refractivity contribution in [3.63, 3.8) is 0 Å². The molecule has 0 bridgehead atoms. The van der Waals surface area contributed by atoms with Gasteiger partial charge in [0.1, 0.15) is 0 Å². The smallest absolute Gasteiger partial charge is 0.214 e. The minimum Gasteiger partial charge on any atom is -0.393 e. The van der Waals surface area contributed by atoms with Crippen LogP contribution in [0.15, 0.2) is 0 Å². The summed E-state index contributed by atoms with van der Waals surface area (Å²) in [5.74, 6) is 0.430. The van der Waals surface area contributed by atoms with E-state index in [1.54, 1.807) is 4.31 Å². The molecule has 1 saturated carbocycles. The van der Waals surface area contributed by atoms with Crippen molar-refractivity contribution in [1.82, 2.24) is 4.31 Å². The summed E-state index contributed by atoms with van der Waals surface area (Å²) in [5.41, 5.74) is 0. The summed E-state index contributed by atoms with van der Waals surface area (Å²) in [5, 5.41) is 10.1. The van der Waals surface area contributed by atoms with Gasteiger partial charge in [0.25, 0.3) is 0 Å². The first kappa shape index (κ1) is 15.3. The Morgan fingerprint density at radius 1 is 1.16 bits per heavy atom. The average molecular weight is 289 g/mol. The Bertz CT molecular complexity index is 382. The van der Waals surface area contributed by atoms with Crippen molar-refractivity contribution >= 4 is 10.0 Å². The van der Waals surface area contributed by atoms with Gasteiger partial charge in [-0.2, -0.15) is 4.31 Å². The summed E-state index contributed by atoms with van der Waals surface area (Å²) in [4.78, 5) is 0. The third-order valence-corrected chi connectivity index (χ3v) is 6.61. The van der Waals surface area contributed by atoms with Crippen LogP contribution in [0.2, 0.25) is 0 Å². The lowest BCUT2D eigenvalue weighted by Crippen LogP contribution is -2.49. The second-order valence-corrected chi connectivity index (χ2v) is 8.05. The number of aliphatic hydroxyl groups is 1. The standard InChI is InChI=1S/C14H27NO3S/c1-2-3-11-19(17,18)15-10-5-4-8-13(15)12-7-6-9-14(12)16/h12-14,16H,2-11H2,1H3. The molecule has 0 radical (unpaired) electrons. The number of piperidine rings is 1. The van der Waals surface area contributed by atoms with Crippen LogP contribution in [0.4, 0.5) is 0 Å². The molecule has 1 saturated heterocycles. The predicted octanol–water partition coefficient (Wildman–Crippen LogP) is 2.13. The molecule has 112 valence electrons. The Labute approximate surface area is 117 Å². The van der Waals surface area contributed by atoms with E-state index in [0.29, 0.717) is 6.54 Å². The minimum absolute atomic E-state index is 0.0492. The topological polar surface area (TPSA) is 57.6 Å². The Balaban J connectivity index is 2.11. The highest BCUT2D eigenvalue weighted by atomic mass is 32.2. The molecule has 0 aromatic rings. The first-order valence-electron chi connectivity index (χ1n) is 7.74. The van der Waals surface area contributed by atoms with Crippen molar-refractivity contribution < 1.29 is 13.5 Å². The van der Waals surface area contributed by atoms with Crippen molar-refractivity contribution in [2.45, 2.75) is 70.4 Å². The zero-order valence-corrected chi connectivity index (χ0v) is 12.7. The molecule has 3 unspecified atom stereocenters. The van der Waals surface area contributed by atoms with E-state index in [9.17, 15) is 13.5 Å². The highest BCUT2D eigenvalue weighted by Crippen LogP contribution is 2.36. The van der Waals surface area contributed by atoms with E-state index in [0.717, 1.165) is 51.4 Å². The van der Waals surface area contributed by atoms with Gasteiger partial charge in [0, 0.05) is 18.5 Å². The molecule has 2 aliphatic rings. The van der Waals surface area contributed by atoms with Crippen LogP contribution >= 0.6 is 0 Å². The molecule has 2 fully saturated rings. The van der Waals surface area contributed by atoms with Gasteiger partial charge in [0.2, 0.25) is 10.0 Å². The molecule has 5 heteroatoms. The molecule has 3 atom stereocenters. The van der Waals surface area contributed by atoms with Gasteiger partial charge in [-0.15, -0.1) is 0 Å². The van der Waals surface area contributed by atoms with E-state index in [1.807, 2.05) is 6.92 Å². The third kappa shape index (κ3) is 3.50. The molecule has 1 aliphatic carbocycles. The van der Waals surface area contributed by atoms with Gasteiger partial charge in [0.15, 0.2) is 0 Å². The number of nitrogens with zero attached hydrogens (tertiary/aromatic N) is 1. The van der Waals surface area contributed by atoms with Gasteiger partial charge in [-0.1, -0.05) is 26.2 Å². The molecule has 0 aromatic carbocycles. The van der Waals surface area contributed by atoms with Crippen molar-refractivity contribution in [3.05, 3.63) is 0 Å². The fourth-order valence-corrected chi connectivity index (χ4v) is 5.54. The van der Waals surface area contributed by atoms with E-state index in [4.69, 9.17) is 0 Å². The Morgan fingerprint density at radius 3 is 2.58 bits per heavy atom. The summed E-state index contributed by atoms with van der Waals surface area (Å²) in [6.07, 6.45) is 7.17. The minimum atomic E-state index is -3.13. The quantitative estimate of drug-likeness (QED) is 0.843. The SMILES string of the molecule is CCCCS(=O)(=O)N1CCCCC1C1CCCC1O. The Morgan fingerprint density at radius 2 is 1.95 bits per heavy atom. The van der Waals surface area contributed by atoms with Crippen molar-refractivity contribution in [2.24, 2.45) is 5.92 Å². The zero-order chi connectivity index (χ0) is 13.9. The summed E-state index contributed by atoms with van der Waals surface area (Å²) >= 11 is 0. The van der Waals surface area contributed by atoms with Gasteiger partial charge in [-0.3, -0.25) is 0 Å². The Hall–Kier alpha value is -0.130. The normalized spacial score (nSPS) is 33.7. The van der Waals surface area contributed by atoms with Gasteiger partial charge in [-0.25, -0.2) is 8.42 Å². The second kappa shape index (κ2) is 6.55. The molecule has 1 aliphatic heterocycles. The van der Waals surface area contributed by atoms with Crippen LogP contribution in [0.1, 0.15) is 58.3 Å². The van der Waals surface area contributed by atoms with Crippen LogP contribution in [-0.2, 0) is 10.0 Å². The molecule has 0 amide bonds. The van der Waals surface area contributed by atoms with Crippen LogP contribution < -0.4 is 0 Å². The van der Waals surface area contributed by atoms with E-state index in [2.05, 4.69) is 0 Å². The maximum Gasteiger partial charge on any atom is 0.214 e. The van der Waals surface area contributed by atoms with Crippen molar-refractivity contribution in [2.75, 3.05) is 12.3 Å². The monoisotopic (exact) mass is 289 g/mol. The number of rotatable bonds is 5. The van der Waals surface area contributed by atoms with Gasteiger partial charge < -0.3 is 5.11 Å². The van der Waals surface area contributed by atoms with E-state index in [1.165, 1.54) is 0 Å². The largest absolute Gasteiger partial charge is 0.393 e. The lowest BCUT2D eigenvalue weighted by molar-refractivity contribution is 0.0723. The number of hydrogen-bond acceptors (Lipinski definition) is 3. The average Bonchev–Trinajstić information content (AvgIpc) is 2.83. The lowest BCUT2D eigenvalue weighted by Gasteiger charge is -2.39. The van der Waals surface area contributed by atoms with Crippen molar-refractivity contribution in [3.8, 4) is 0 Å². The Kier molecular flexibility index (Phi) is 5.26. The van der Waals surface area contributed by atoms with Crippen LogP contribution in [0.3, 0.4) is 0 Å². The first-order valence-corrected chi connectivity index (χ1v) is 9.34. The summed E-state index contributed by atoms with van der Waals surface area (Å²) in [7, 11) is -3.13. The fraction of sp³-hybridized carbons (Fsp3) is 1.00. The lowest BCUT2D eigenvalue weighted by atomic mass is 9.89. The van der Waals surface area contributed by atoms with Gasteiger partial charge >= 0.3 is 0 Å². The number of sulfonamides is 1. The second-order valence-electron chi connectivity index (χ2n) is 6.01. The van der Waals surface area contributed by atoms with Crippen LogP contribution in [0.25, 0.3) is 0 Å². The molecular formula is C14H27NO3S. The third-order valence-electron chi connectivity index (χ3n) is 4.64. The molecule has 1 N–H and O–H groups in total. The summed E-state index contributed by atoms with van der Waals surface area (Å²) in [6, 6.07) is 0.0492. The predicted molar refractivity (Wildman–Crippen MR) is 76.4 cm³/mol. The molecule has 4 nitrogen and oxygen atoms in total. The van der Waals surface area contributed by atoms with Crippen LogP contribution in [0.5, 0.6) is 0 Å². The van der Waals surface area contributed by atoms with Crippen LogP contribution in [0, 0.1) is 5.92 Å². The highest BCUT2D eigenvalue weighted by Gasteiger charge is 2.41. The maximum atomic E-state index is 12.5. The molecular weight excluding hydrogens is 262 g/mol. The van der Waals surface area contributed by atoms with E-state index < -0.39 is 10.0 Å². The number of aliphatic hydroxyl groups excluding tert-OH is 1. The molecule has 2 rings (SSSR count). The van der Waals surface area contributed by atoms with E-state index >= 15 is 0 Å². The van der Waals surface area contributed by atoms with Crippen molar-refractivity contribution in [1.29, 1.82) is 0 Å². The number of unbranched alkanes of at least 4 members (excludes halogenated alkanes) is 1. The summed E-state index contributed by atoms with van der Waals surface area (Å²) in [6.45, 7) is 2.67. The molecule has 1 heterocycles. The fourth-order valence-electron chi connectivity index (χ4n) is 3.57. The molecule has 0 aromatic heterocycles. The number of hydrogen-bond donors (Lipinski definition) is 1. The maximum absolute atomic E-state index is 12.5. The zero-order valence-electron chi connectivity index (χ0n) is 11.9. The van der Waals surface area contributed by atoms with Gasteiger partial charge in [0.05, 0.1) is 11.9 Å². The van der Waals surface area contributed by atoms with E-state index in [-0.39, 0.29) is 23.8 Å². The molecule has 0 spiro atoms. The highest BCUT2D eigenvalue weighted by molar-refractivity contribution is 7.89. The van der Waals surface area contributed by atoms with Gasteiger partial charge in [-0.05, 0) is 32.1 Å². The first-order chi connectivity index (χ1) is 9.06. The summed E-state index contributed by atoms with van der Waals surface area (Å²) < 4.78 is 26.7. The van der Waals surface area contributed by atoms with Crippen LogP contribution in [-0.4, -0.2) is 42.3 Å².